The Labute approximate surface area is 117 Å². The Kier molecular flexibility index (Phi) is 6.80. The van der Waals surface area contributed by atoms with Crippen molar-refractivity contribution in [3.8, 4) is 0 Å². The number of likely N-dealkylation sites (tertiary alicyclic amines) is 1. The number of rotatable bonds is 9. The lowest BCUT2D eigenvalue weighted by molar-refractivity contribution is -0.134. The van der Waals surface area contributed by atoms with Gasteiger partial charge in [-0.15, -0.1) is 0 Å². The van der Waals surface area contributed by atoms with Crippen LogP contribution in [0.4, 0.5) is 0 Å². The fourth-order valence-electron chi connectivity index (χ4n) is 2.82. The van der Waals surface area contributed by atoms with Crippen molar-refractivity contribution in [3.05, 3.63) is 0 Å². The maximum atomic E-state index is 11.8. The van der Waals surface area contributed by atoms with Gasteiger partial charge in [-0.1, -0.05) is 39.5 Å². The van der Waals surface area contributed by atoms with Gasteiger partial charge in [-0.3, -0.25) is 9.69 Å². The van der Waals surface area contributed by atoms with E-state index in [0.717, 1.165) is 19.3 Å². The second kappa shape index (κ2) is 7.85. The van der Waals surface area contributed by atoms with Gasteiger partial charge < -0.3 is 10.4 Å². The third-order valence-corrected chi connectivity index (χ3v) is 3.77. The highest BCUT2D eigenvalue weighted by Gasteiger charge is 2.40. The van der Waals surface area contributed by atoms with Crippen LogP contribution in [0, 0.1) is 0 Å². The zero-order valence-corrected chi connectivity index (χ0v) is 12.7. The van der Waals surface area contributed by atoms with Crippen LogP contribution in [0.25, 0.3) is 0 Å². The van der Waals surface area contributed by atoms with Crippen molar-refractivity contribution in [1.29, 1.82) is 0 Å². The molecule has 1 saturated heterocycles. The Morgan fingerprint density at radius 2 is 2.00 bits per heavy atom. The quantitative estimate of drug-likeness (QED) is 0.629. The average Bonchev–Trinajstić information content (AvgIpc) is 2.27. The topological polar surface area (TPSA) is 52.6 Å². The highest BCUT2D eigenvalue weighted by molar-refractivity contribution is 5.78. The third-order valence-electron chi connectivity index (χ3n) is 3.77. The maximum absolute atomic E-state index is 11.8. The molecule has 4 heteroatoms. The van der Waals surface area contributed by atoms with Crippen LogP contribution >= 0.6 is 0 Å². The SMILES string of the molecule is CCCCCC(C)NC(=O)CN1CC(O)(CCC)C1. The predicted octanol–water partition coefficient (Wildman–Crippen LogP) is 1.92. The molecule has 1 aliphatic rings. The lowest BCUT2D eigenvalue weighted by Gasteiger charge is -2.46. The van der Waals surface area contributed by atoms with Gasteiger partial charge in [0.15, 0.2) is 0 Å². The zero-order valence-electron chi connectivity index (χ0n) is 12.7. The molecule has 0 spiro atoms. The van der Waals surface area contributed by atoms with Crippen molar-refractivity contribution in [3.63, 3.8) is 0 Å². The van der Waals surface area contributed by atoms with Crippen LogP contribution in [-0.4, -0.2) is 47.2 Å². The van der Waals surface area contributed by atoms with E-state index >= 15 is 0 Å². The van der Waals surface area contributed by atoms with E-state index in [-0.39, 0.29) is 11.9 Å². The Hall–Kier alpha value is -0.610. The molecular formula is C15H30N2O2. The maximum Gasteiger partial charge on any atom is 0.234 e. The number of nitrogens with zero attached hydrogens (tertiary/aromatic N) is 1. The number of hydrogen-bond acceptors (Lipinski definition) is 3. The number of hydrogen-bond donors (Lipinski definition) is 2. The van der Waals surface area contributed by atoms with E-state index in [9.17, 15) is 9.90 Å². The van der Waals surface area contributed by atoms with Crippen LogP contribution in [-0.2, 0) is 4.79 Å². The number of aliphatic hydroxyl groups is 1. The fourth-order valence-corrected chi connectivity index (χ4v) is 2.82. The van der Waals surface area contributed by atoms with Crippen molar-refractivity contribution in [2.75, 3.05) is 19.6 Å². The fraction of sp³-hybridized carbons (Fsp3) is 0.933. The highest BCUT2D eigenvalue weighted by atomic mass is 16.3. The van der Waals surface area contributed by atoms with E-state index < -0.39 is 5.60 Å². The van der Waals surface area contributed by atoms with Crippen LogP contribution in [0.15, 0.2) is 0 Å². The standard InChI is InChI=1S/C15H30N2O2/c1-4-6-7-8-13(3)16-14(18)10-17-11-15(19,12-17)9-5-2/h13,19H,4-12H2,1-3H3,(H,16,18). The number of amides is 1. The molecule has 1 unspecified atom stereocenters. The minimum atomic E-state index is -0.540. The van der Waals surface area contributed by atoms with Gasteiger partial charge in [-0.2, -0.15) is 0 Å². The first kappa shape index (κ1) is 16.4. The Morgan fingerprint density at radius 1 is 1.32 bits per heavy atom. The van der Waals surface area contributed by atoms with Crippen molar-refractivity contribution in [1.82, 2.24) is 10.2 Å². The Bertz CT molecular complexity index is 275. The molecule has 1 amide bonds. The van der Waals surface area contributed by atoms with Crippen molar-refractivity contribution in [2.45, 2.75) is 70.9 Å². The van der Waals surface area contributed by atoms with E-state index in [2.05, 4.69) is 26.1 Å². The molecule has 112 valence electrons. The number of carbonyl (C=O) groups excluding carboxylic acids is 1. The summed E-state index contributed by atoms with van der Waals surface area (Å²) in [5.74, 6) is 0.0857. The Balaban J connectivity index is 2.12. The Morgan fingerprint density at radius 3 is 2.58 bits per heavy atom. The predicted molar refractivity (Wildman–Crippen MR) is 78.0 cm³/mol. The number of β-amino-alcohol motifs (C(OH)–C–C–N with tert-alkyl or cyclic N) is 1. The lowest BCUT2D eigenvalue weighted by Crippen LogP contribution is -2.63. The minimum absolute atomic E-state index is 0.0857. The molecule has 1 aliphatic heterocycles. The third kappa shape index (κ3) is 5.91. The van der Waals surface area contributed by atoms with Crippen LogP contribution in [0.3, 0.4) is 0 Å². The van der Waals surface area contributed by atoms with E-state index in [1.54, 1.807) is 0 Å². The van der Waals surface area contributed by atoms with Crippen LogP contribution < -0.4 is 5.32 Å². The largest absolute Gasteiger partial charge is 0.387 e. The zero-order chi connectivity index (χ0) is 14.3. The van der Waals surface area contributed by atoms with Gasteiger partial charge in [0.05, 0.1) is 12.1 Å². The summed E-state index contributed by atoms with van der Waals surface area (Å²) in [5, 5.41) is 13.1. The van der Waals surface area contributed by atoms with E-state index in [4.69, 9.17) is 0 Å². The summed E-state index contributed by atoms with van der Waals surface area (Å²) < 4.78 is 0. The number of nitrogens with one attached hydrogen (secondary N) is 1. The summed E-state index contributed by atoms with van der Waals surface area (Å²) >= 11 is 0. The summed E-state index contributed by atoms with van der Waals surface area (Å²) in [6, 6.07) is 0.259. The summed E-state index contributed by atoms with van der Waals surface area (Å²) in [7, 11) is 0. The molecule has 0 bridgehead atoms. The molecule has 19 heavy (non-hydrogen) atoms. The first-order valence-corrected chi connectivity index (χ1v) is 7.73. The molecule has 0 saturated carbocycles. The minimum Gasteiger partial charge on any atom is -0.387 e. The summed E-state index contributed by atoms with van der Waals surface area (Å²) in [4.78, 5) is 13.8. The van der Waals surface area contributed by atoms with Gasteiger partial charge in [0.1, 0.15) is 0 Å². The van der Waals surface area contributed by atoms with E-state index in [1.165, 1.54) is 19.3 Å². The van der Waals surface area contributed by atoms with E-state index in [1.807, 2.05) is 4.90 Å². The van der Waals surface area contributed by atoms with Gasteiger partial charge in [-0.05, 0) is 19.8 Å². The molecule has 4 nitrogen and oxygen atoms in total. The molecule has 0 radical (unpaired) electrons. The molecule has 0 aromatic carbocycles. The molecule has 1 rings (SSSR count). The molecule has 0 aromatic rings. The van der Waals surface area contributed by atoms with Gasteiger partial charge in [0.2, 0.25) is 5.91 Å². The van der Waals surface area contributed by atoms with Gasteiger partial charge in [-0.25, -0.2) is 0 Å². The second-order valence-corrected chi connectivity index (χ2v) is 6.08. The van der Waals surface area contributed by atoms with Crippen molar-refractivity contribution >= 4 is 5.91 Å². The van der Waals surface area contributed by atoms with Crippen LogP contribution in [0.2, 0.25) is 0 Å². The average molecular weight is 270 g/mol. The molecule has 0 aliphatic carbocycles. The lowest BCUT2D eigenvalue weighted by atomic mass is 9.89. The molecule has 1 atom stereocenters. The van der Waals surface area contributed by atoms with Crippen molar-refractivity contribution < 1.29 is 9.90 Å². The van der Waals surface area contributed by atoms with Gasteiger partial charge in [0, 0.05) is 19.1 Å². The smallest absolute Gasteiger partial charge is 0.234 e. The van der Waals surface area contributed by atoms with Crippen molar-refractivity contribution in [2.24, 2.45) is 0 Å². The van der Waals surface area contributed by atoms with Gasteiger partial charge >= 0.3 is 0 Å². The summed E-state index contributed by atoms with van der Waals surface area (Å²) in [6.45, 7) is 8.02. The number of unbranched alkanes of at least 4 members (excludes halogenated alkanes) is 2. The molecular weight excluding hydrogens is 240 g/mol. The van der Waals surface area contributed by atoms with Gasteiger partial charge in [0.25, 0.3) is 0 Å². The van der Waals surface area contributed by atoms with E-state index in [0.29, 0.717) is 19.6 Å². The molecule has 1 fully saturated rings. The molecule has 0 aromatic heterocycles. The first-order valence-electron chi connectivity index (χ1n) is 7.73. The van der Waals surface area contributed by atoms with Crippen LogP contribution in [0.1, 0.15) is 59.3 Å². The second-order valence-electron chi connectivity index (χ2n) is 6.08. The van der Waals surface area contributed by atoms with Crippen LogP contribution in [0.5, 0.6) is 0 Å². The normalized spacial score (nSPS) is 19.8. The monoisotopic (exact) mass is 270 g/mol. The molecule has 1 heterocycles. The number of carbonyl (C=O) groups is 1. The molecule has 2 N–H and O–H groups in total. The first-order chi connectivity index (χ1) is 8.99. The summed E-state index contributed by atoms with van der Waals surface area (Å²) in [5.41, 5.74) is -0.540. The summed E-state index contributed by atoms with van der Waals surface area (Å²) in [6.07, 6.45) is 6.50. The highest BCUT2D eigenvalue weighted by Crippen LogP contribution is 2.25.